The van der Waals surface area contributed by atoms with Gasteiger partial charge in [0.2, 0.25) is 8.32 Å². The first-order chi connectivity index (χ1) is 14.5. The predicted molar refractivity (Wildman–Crippen MR) is 133 cm³/mol. The summed E-state index contributed by atoms with van der Waals surface area (Å²) in [7, 11) is -1.84. The van der Waals surface area contributed by atoms with Crippen LogP contribution in [0.3, 0.4) is 0 Å². The first-order valence-electron chi connectivity index (χ1n) is 12.7. The van der Waals surface area contributed by atoms with Crippen molar-refractivity contribution in [3.63, 3.8) is 0 Å². The minimum atomic E-state index is -1.84. The number of aliphatic hydroxyl groups excluding tert-OH is 1. The number of benzene rings is 1. The third kappa shape index (κ3) is 3.84. The van der Waals surface area contributed by atoms with Crippen LogP contribution in [0.2, 0.25) is 18.1 Å². The number of fused-ring (bicyclic) bond motifs is 5. The summed E-state index contributed by atoms with van der Waals surface area (Å²) >= 11 is 0. The quantitative estimate of drug-likeness (QED) is 0.390. The molecule has 2 fully saturated rings. The van der Waals surface area contributed by atoms with E-state index in [0.717, 1.165) is 18.3 Å². The van der Waals surface area contributed by atoms with E-state index in [9.17, 15) is 5.11 Å². The molecule has 0 radical (unpaired) electrons. The van der Waals surface area contributed by atoms with Gasteiger partial charge in [-0.25, -0.2) is 0 Å². The number of allylic oxidation sites excluding steroid dienone is 1. The molecule has 1 N–H and O–H groups in total. The van der Waals surface area contributed by atoms with E-state index in [1.54, 1.807) is 11.1 Å². The number of aryl methyl sites for hydroxylation is 2. The van der Waals surface area contributed by atoms with Crippen LogP contribution >= 0.6 is 0 Å². The van der Waals surface area contributed by atoms with E-state index in [1.807, 2.05) is 0 Å². The number of hydrogen-bond donors (Lipinski definition) is 1. The Morgan fingerprint density at radius 3 is 2.55 bits per heavy atom. The van der Waals surface area contributed by atoms with Crippen molar-refractivity contribution in [2.75, 3.05) is 6.61 Å². The zero-order chi connectivity index (χ0) is 22.6. The second-order valence-corrected chi connectivity index (χ2v) is 16.9. The Morgan fingerprint density at radius 2 is 1.90 bits per heavy atom. The van der Waals surface area contributed by atoms with Crippen LogP contribution in [0.4, 0.5) is 0 Å². The SMILES string of the molecule is CCc1cc2c(cc1O[Si](C)(C)C(C)(C)C)CCC1C2CCC2(C)C(=CCO)CCC12. The van der Waals surface area contributed by atoms with Crippen LogP contribution in [0, 0.1) is 17.3 Å². The largest absolute Gasteiger partial charge is 0.543 e. The summed E-state index contributed by atoms with van der Waals surface area (Å²) in [6, 6.07) is 4.97. The third-order valence-electron chi connectivity index (χ3n) is 9.64. The molecule has 0 heterocycles. The molecule has 172 valence electrons. The van der Waals surface area contributed by atoms with E-state index in [2.05, 4.69) is 65.9 Å². The molecule has 0 spiro atoms. The highest BCUT2D eigenvalue weighted by Gasteiger charge is 2.52. The lowest BCUT2D eigenvalue weighted by Crippen LogP contribution is -2.44. The Hall–Kier alpha value is -1.06. The summed E-state index contributed by atoms with van der Waals surface area (Å²) in [5.74, 6) is 3.46. The molecule has 2 nitrogen and oxygen atoms in total. The fourth-order valence-corrected chi connectivity index (χ4v) is 7.78. The Labute approximate surface area is 191 Å². The van der Waals surface area contributed by atoms with Gasteiger partial charge in [-0.1, -0.05) is 52.3 Å². The van der Waals surface area contributed by atoms with Gasteiger partial charge >= 0.3 is 0 Å². The van der Waals surface area contributed by atoms with E-state index in [-0.39, 0.29) is 11.6 Å². The van der Waals surface area contributed by atoms with Crippen molar-refractivity contribution in [1.82, 2.24) is 0 Å². The molecule has 4 rings (SSSR count). The molecule has 0 aliphatic heterocycles. The molecule has 2 saturated carbocycles. The van der Waals surface area contributed by atoms with Gasteiger partial charge in [0.1, 0.15) is 5.75 Å². The monoisotopic (exact) mass is 440 g/mol. The maximum Gasteiger partial charge on any atom is 0.250 e. The van der Waals surface area contributed by atoms with E-state index >= 15 is 0 Å². The average molecular weight is 441 g/mol. The smallest absolute Gasteiger partial charge is 0.250 e. The van der Waals surface area contributed by atoms with E-state index in [1.165, 1.54) is 55.4 Å². The highest BCUT2D eigenvalue weighted by atomic mass is 28.4. The molecular formula is C28H44O2Si. The van der Waals surface area contributed by atoms with Gasteiger partial charge in [0.15, 0.2) is 0 Å². The first-order valence-corrected chi connectivity index (χ1v) is 15.6. The van der Waals surface area contributed by atoms with Crippen molar-refractivity contribution in [1.29, 1.82) is 0 Å². The van der Waals surface area contributed by atoms with Crippen molar-refractivity contribution in [3.8, 4) is 5.75 Å². The predicted octanol–water partition coefficient (Wildman–Crippen LogP) is 7.41. The molecule has 1 aromatic rings. The van der Waals surface area contributed by atoms with Gasteiger partial charge in [-0.15, -0.1) is 0 Å². The zero-order valence-electron chi connectivity index (χ0n) is 21.0. The second kappa shape index (κ2) is 8.06. The van der Waals surface area contributed by atoms with Gasteiger partial charge in [-0.3, -0.25) is 0 Å². The Balaban J connectivity index is 1.66. The van der Waals surface area contributed by atoms with Crippen LogP contribution < -0.4 is 4.43 Å². The molecule has 3 heteroatoms. The van der Waals surface area contributed by atoms with Gasteiger partial charge in [0, 0.05) is 0 Å². The average Bonchev–Trinajstić information content (AvgIpc) is 3.03. The molecule has 4 atom stereocenters. The highest BCUT2D eigenvalue weighted by Crippen LogP contribution is 2.63. The molecule has 1 aromatic carbocycles. The van der Waals surface area contributed by atoms with Gasteiger partial charge in [-0.2, -0.15) is 0 Å². The highest BCUT2D eigenvalue weighted by molar-refractivity contribution is 6.74. The van der Waals surface area contributed by atoms with E-state index in [0.29, 0.717) is 11.3 Å². The van der Waals surface area contributed by atoms with Gasteiger partial charge in [0.25, 0.3) is 0 Å². The van der Waals surface area contributed by atoms with Crippen molar-refractivity contribution < 1.29 is 9.53 Å². The molecule has 0 amide bonds. The van der Waals surface area contributed by atoms with E-state index in [4.69, 9.17) is 4.43 Å². The minimum Gasteiger partial charge on any atom is -0.543 e. The van der Waals surface area contributed by atoms with Crippen molar-refractivity contribution in [3.05, 3.63) is 40.5 Å². The number of hydrogen-bond acceptors (Lipinski definition) is 2. The van der Waals surface area contributed by atoms with Crippen LogP contribution in [-0.4, -0.2) is 20.0 Å². The van der Waals surface area contributed by atoms with Crippen LogP contribution in [0.5, 0.6) is 5.75 Å². The van der Waals surface area contributed by atoms with Gasteiger partial charge in [-0.05, 0) is 109 Å². The van der Waals surface area contributed by atoms with Gasteiger partial charge < -0.3 is 9.53 Å². The minimum absolute atomic E-state index is 0.200. The lowest BCUT2D eigenvalue weighted by atomic mass is 9.55. The molecule has 0 bridgehead atoms. The molecule has 0 saturated heterocycles. The molecule has 4 unspecified atom stereocenters. The number of aliphatic hydroxyl groups is 1. The summed E-state index contributed by atoms with van der Waals surface area (Å²) < 4.78 is 6.82. The van der Waals surface area contributed by atoms with E-state index < -0.39 is 8.32 Å². The molecule has 31 heavy (non-hydrogen) atoms. The maximum atomic E-state index is 9.52. The molecule has 0 aromatic heterocycles. The normalized spacial score (nSPS) is 31.9. The summed E-state index contributed by atoms with van der Waals surface area (Å²) in [6.45, 7) is 16.7. The maximum absolute atomic E-state index is 9.52. The zero-order valence-corrected chi connectivity index (χ0v) is 22.0. The first kappa shape index (κ1) is 23.1. The Morgan fingerprint density at radius 1 is 1.16 bits per heavy atom. The fraction of sp³-hybridized carbons (Fsp3) is 0.714. The fourth-order valence-electron chi connectivity index (χ4n) is 6.74. The standard InChI is InChI=1S/C28H44O2Si/c1-8-19-17-24-20(18-26(19)30-31(6,7)27(2,3)4)9-11-23-22(24)13-15-28(5)21(14-16-29)10-12-25(23)28/h14,17-18,22-23,25,29H,8-13,15-16H2,1-7H3. The molecule has 3 aliphatic carbocycles. The molecular weight excluding hydrogens is 396 g/mol. The summed E-state index contributed by atoms with van der Waals surface area (Å²) in [5, 5.41) is 9.74. The second-order valence-electron chi connectivity index (χ2n) is 12.2. The topological polar surface area (TPSA) is 29.5 Å². The van der Waals surface area contributed by atoms with Crippen LogP contribution in [-0.2, 0) is 12.8 Å². The lowest BCUT2D eigenvalue weighted by molar-refractivity contribution is 0.0809. The summed E-state index contributed by atoms with van der Waals surface area (Å²) in [6.07, 6.45) is 10.7. The Bertz CT molecular complexity index is 862. The summed E-state index contributed by atoms with van der Waals surface area (Å²) in [4.78, 5) is 0. The van der Waals surface area contributed by atoms with Crippen LogP contribution in [0.15, 0.2) is 23.8 Å². The van der Waals surface area contributed by atoms with Crippen LogP contribution in [0.1, 0.15) is 89.3 Å². The number of rotatable bonds is 4. The Kier molecular flexibility index (Phi) is 6.01. The molecule has 3 aliphatic rings. The van der Waals surface area contributed by atoms with Crippen molar-refractivity contribution in [2.24, 2.45) is 17.3 Å². The van der Waals surface area contributed by atoms with Crippen molar-refractivity contribution in [2.45, 2.75) is 104 Å². The van der Waals surface area contributed by atoms with Crippen molar-refractivity contribution >= 4 is 8.32 Å². The summed E-state index contributed by atoms with van der Waals surface area (Å²) in [5.41, 5.74) is 6.46. The van der Waals surface area contributed by atoms with Crippen LogP contribution in [0.25, 0.3) is 0 Å². The third-order valence-corrected chi connectivity index (χ3v) is 14.0. The lowest BCUT2D eigenvalue weighted by Gasteiger charge is -2.50. The van der Waals surface area contributed by atoms with Gasteiger partial charge in [0.05, 0.1) is 6.61 Å².